The minimum Gasteiger partial charge on any atom is -0.423 e. The summed E-state index contributed by atoms with van der Waals surface area (Å²) >= 11 is 0. The van der Waals surface area contributed by atoms with Crippen LogP contribution in [0.5, 0.6) is 0 Å². The number of nitrogens with zero attached hydrogens (tertiary/aromatic N) is 2. The number of hydrogen-bond donors (Lipinski definition) is 1. The molecule has 3 aromatic rings. The largest absolute Gasteiger partial charge is 0.423 e. The van der Waals surface area contributed by atoms with Gasteiger partial charge in [0.1, 0.15) is 5.69 Å². The molecule has 0 amide bonds. The van der Waals surface area contributed by atoms with Crippen LogP contribution < -0.4 is 5.32 Å². The molecular formula is C19H21N3O. The van der Waals surface area contributed by atoms with E-state index in [9.17, 15) is 0 Å². The third-order valence-corrected chi connectivity index (χ3v) is 3.55. The topological polar surface area (TPSA) is 41.3 Å². The third kappa shape index (κ3) is 3.79. The van der Waals surface area contributed by atoms with Crippen LogP contribution in [-0.4, -0.2) is 37.1 Å². The highest BCUT2D eigenvalue weighted by molar-refractivity contribution is 5.77. The molecule has 4 nitrogen and oxygen atoms in total. The van der Waals surface area contributed by atoms with Gasteiger partial charge in [-0.1, -0.05) is 60.7 Å². The Balaban J connectivity index is 1.94. The van der Waals surface area contributed by atoms with E-state index in [1.165, 1.54) is 0 Å². The molecule has 3 rings (SSSR count). The highest BCUT2D eigenvalue weighted by Crippen LogP contribution is 2.34. The molecule has 1 aromatic heterocycles. The second-order valence-electron chi connectivity index (χ2n) is 5.66. The van der Waals surface area contributed by atoms with Gasteiger partial charge in [0.15, 0.2) is 5.76 Å². The zero-order chi connectivity index (χ0) is 16.1. The predicted molar refractivity (Wildman–Crippen MR) is 94.4 cm³/mol. The van der Waals surface area contributed by atoms with Crippen molar-refractivity contribution in [3.05, 3.63) is 60.7 Å². The van der Waals surface area contributed by atoms with Crippen LogP contribution in [0, 0.1) is 0 Å². The number of hydrogen-bond acceptors (Lipinski definition) is 4. The van der Waals surface area contributed by atoms with E-state index in [0.29, 0.717) is 6.01 Å². The van der Waals surface area contributed by atoms with Crippen LogP contribution in [0.4, 0.5) is 6.01 Å². The van der Waals surface area contributed by atoms with Gasteiger partial charge in [-0.2, -0.15) is 4.98 Å². The zero-order valence-corrected chi connectivity index (χ0v) is 13.5. The Labute approximate surface area is 136 Å². The lowest BCUT2D eigenvalue weighted by Gasteiger charge is -2.08. The Morgan fingerprint density at radius 2 is 1.52 bits per heavy atom. The number of anilines is 1. The minimum atomic E-state index is 0.560. The number of oxazole rings is 1. The third-order valence-electron chi connectivity index (χ3n) is 3.55. The van der Waals surface area contributed by atoms with E-state index in [-0.39, 0.29) is 0 Å². The van der Waals surface area contributed by atoms with Crippen LogP contribution in [0.2, 0.25) is 0 Å². The second-order valence-corrected chi connectivity index (χ2v) is 5.66. The van der Waals surface area contributed by atoms with E-state index in [1.807, 2.05) is 74.8 Å². The predicted octanol–water partition coefficient (Wildman–Crippen LogP) is 3.98. The van der Waals surface area contributed by atoms with Crippen molar-refractivity contribution < 1.29 is 4.42 Å². The van der Waals surface area contributed by atoms with Crippen molar-refractivity contribution >= 4 is 6.01 Å². The maximum absolute atomic E-state index is 6.00. The summed E-state index contributed by atoms with van der Waals surface area (Å²) in [5, 5.41) is 3.26. The van der Waals surface area contributed by atoms with E-state index in [0.717, 1.165) is 35.7 Å². The molecule has 0 unspecified atom stereocenters. The molecule has 0 spiro atoms. The van der Waals surface area contributed by atoms with Crippen molar-refractivity contribution in [2.75, 3.05) is 32.5 Å². The molecule has 0 saturated heterocycles. The molecule has 0 aliphatic carbocycles. The Morgan fingerprint density at radius 3 is 2.13 bits per heavy atom. The standard InChI is InChI=1S/C19H21N3O/c1-22(2)14-13-20-19-21-17(15-9-5-3-6-10-15)18(23-19)16-11-7-4-8-12-16/h3-12H,13-14H2,1-2H3,(H,20,21). The number of aromatic nitrogens is 1. The zero-order valence-electron chi connectivity index (χ0n) is 13.5. The van der Waals surface area contributed by atoms with E-state index in [1.54, 1.807) is 0 Å². The molecule has 118 valence electrons. The minimum absolute atomic E-state index is 0.560. The summed E-state index contributed by atoms with van der Waals surface area (Å²) in [5.74, 6) is 0.796. The van der Waals surface area contributed by atoms with Crippen molar-refractivity contribution in [2.24, 2.45) is 0 Å². The maximum atomic E-state index is 6.00. The fraction of sp³-hybridized carbons (Fsp3) is 0.211. The van der Waals surface area contributed by atoms with Gasteiger partial charge in [-0.15, -0.1) is 0 Å². The molecular weight excluding hydrogens is 286 g/mol. The summed E-state index contributed by atoms with van der Waals surface area (Å²) in [5.41, 5.74) is 2.94. The normalized spacial score (nSPS) is 10.9. The second kappa shape index (κ2) is 7.11. The average Bonchev–Trinajstić information content (AvgIpc) is 3.00. The molecule has 23 heavy (non-hydrogen) atoms. The number of benzene rings is 2. The van der Waals surface area contributed by atoms with Crippen LogP contribution >= 0.6 is 0 Å². The van der Waals surface area contributed by atoms with Gasteiger partial charge in [0.25, 0.3) is 6.01 Å². The van der Waals surface area contributed by atoms with Crippen molar-refractivity contribution in [1.29, 1.82) is 0 Å². The quantitative estimate of drug-likeness (QED) is 0.748. The summed E-state index contributed by atoms with van der Waals surface area (Å²) in [6.07, 6.45) is 0. The van der Waals surface area contributed by atoms with Crippen LogP contribution in [0.15, 0.2) is 65.1 Å². The molecule has 0 fully saturated rings. The molecule has 0 aliphatic rings. The van der Waals surface area contributed by atoms with Gasteiger partial charge in [-0.3, -0.25) is 0 Å². The van der Waals surface area contributed by atoms with Gasteiger partial charge in [-0.25, -0.2) is 0 Å². The van der Waals surface area contributed by atoms with Crippen molar-refractivity contribution in [2.45, 2.75) is 0 Å². The Kier molecular flexibility index (Phi) is 4.74. The molecule has 0 radical (unpaired) electrons. The highest BCUT2D eigenvalue weighted by Gasteiger charge is 2.16. The lowest BCUT2D eigenvalue weighted by molar-refractivity contribution is 0.422. The lowest BCUT2D eigenvalue weighted by Crippen LogP contribution is -2.20. The SMILES string of the molecule is CN(C)CCNc1nc(-c2ccccc2)c(-c2ccccc2)o1. The van der Waals surface area contributed by atoms with Crippen LogP contribution in [0.1, 0.15) is 0 Å². The van der Waals surface area contributed by atoms with Crippen molar-refractivity contribution in [3.63, 3.8) is 0 Å². The fourth-order valence-corrected chi connectivity index (χ4v) is 2.36. The van der Waals surface area contributed by atoms with Gasteiger partial charge in [-0.05, 0) is 14.1 Å². The van der Waals surface area contributed by atoms with Gasteiger partial charge in [0, 0.05) is 24.2 Å². The number of rotatable bonds is 6. The first kappa shape index (κ1) is 15.3. The summed E-state index contributed by atoms with van der Waals surface area (Å²) in [4.78, 5) is 6.77. The van der Waals surface area contributed by atoms with Gasteiger partial charge < -0.3 is 14.6 Å². The highest BCUT2D eigenvalue weighted by atomic mass is 16.4. The van der Waals surface area contributed by atoms with E-state index in [4.69, 9.17) is 4.42 Å². The Hall–Kier alpha value is -2.59. The van der Waals surface area contributed by atoms with Crippen LogP contribution in [0.3, 0.4) is 0 Å². The first-order valence-corrected chi connectivity index (χ1v) is 7.74. The maximum Gasteiger partial charge on any atom is 0.295 e. The van der Waals surface area contributed by atoms with E-state index < -0.39 is 0 Å². The summed E-state index contributed by atoms with van der Waals surface area (Å²) < 4.78 is 6.00. The molecule has 0 atom stereocenters. The van der Waals surface area contributed by atoms with Crippen molar-refractivity contribution in [3.8, 4) is 22.6 Å². The van der Waals surface area contributed by atoms with Crippen LogP contribution in [0.25, 0.3) is 22.6 Å². The first-order valence-electron chi connectivity index (χ1n) is 7.74. The summed E-state index contributed by atoms with van der Waals surface area (Å²) in [6, 6.07) is 20.8. The number of nitrogens with one attached hydrogen (secondary N) is 1. The van der Waals surface area contributed by atoms with E-state index in [2.05, 4.69) is 15.2 Å². The smallest absolute Gasteiger partial charge is 0.295 e. The summed E-state index contributed by atoms with van der Waals surface area (Å²) in [7, 11) is 4.09. The molecule has 1 heterocycles. The molecule has 0 aliphatic heterocycles. The molecule has 4 heteroatoms. The lowest BCUT2D eigenvalue weighted by atomic mass is 10.1. The molecule has 0 bridgehead atoms. The van der Waals surface area contributed by atoms with Gasteiger partial charge in [0.2, 0.25) is 0 Å². The Bertz CT molecular complexity index is 679. The fourth-order valence-electron chi connectivity index (χ4n) is 2.36. The van der Waals surface area contributed by atoms with Gasteiger partial charge >= 0.3 is 0 Å². The van der Waals surface area contributed by atoms with Crippen LogP contribution in [-0.2, 0) is 0 Å². The monoisotopic (exact) mass is 307 g/mol. The van der Waals surface area contributed by atoms with Gasteiger partial charge in [0.05, 0.1) is 0 Å². The van der Waals surface area contributed by atoms with E-state index >= 15 is 0 Å². The molecule has 1 N–H and O–H groups in total. The first-order chi connectivity index (χ1) is 11.2. The summed E-state index contributed by atoms with van der Waals surface area (Å²) in [6.45, 7) is 1.71. The number of likely N-dealkylation sites (N-methyl/N-ethyl adjacent to an activating group) is 1. The molecule has 2 aromatic carbocycles. The molecule has 0 saturated carbocycles. The van der Waals surface area contributed by atoms with Crippen molar-refractivity contribution in [1.82, 2.24) is 9.88 Å². The average molecular weight is 307 g/mol. The Morgan fingerprint density at radius 1 is 0.913 bits per heavy atom.